The van der Waals surface area contributed by atoms with Gasteiger partial charge < -0.3 is 19.4 Å². The second kappa shape index (κ2) is 7.19. The van der Waals surface area contributed by atoms with E-state index in [0.717, 1.165) is 10.6 Å². The number of hydrogen-bond acceptors (Lipinski definition) is 6. The van der Waals surface area contributed by atoms with Crippen molar-refractivity contribution >= 4 is 5.97 Å². The van der Waals surface area contributed by atoms with Gasteiger partial charge in [0.05, 0.1) is 26.2 Å². The highest BCUT2D eigenvalue weighted by Gasteiger charge is 2.40. The molecule has 6 nitrogen and oxygen atoms in total. The first-order valence-electron chi connectivity index (χ1n) is 7.29. The van der Waals surface area contributed by atoms with Crippen molar-refractivity contribution in [2.75, 3.05) is 13.7 Å². The Balaban J connectivity index is 2.08. The Morgan fingerprint density at radius 2 is 2.14 bits per heavy atom. The van der Waals surface area contributed by atoms with Crippen molar-refractivity contribution in [2.24, 2.45) is 0 Å². The molecule has 1 N–H and O–H groups in total. The number of hydroxylamine groups is 2. The lowest BCUT2D eigenvalue weighted by Gasteiger charge is -2.30. The first-order chi connectivity index (χ1) is 10.4. The van der Waals surface area contributed by atoms with E-state index in [1.807, 2.05) is 30.3 Å². The van der Waals surface area contributed by atoms with Gasteiger partial charge in [0.1, 0.15) is 6.10 Å². The fourth-order valence-corrected chi connectivity index (χ4v) is 2.48. The monoisotopic (exact) mass is 309 g/mol. The lowest BCUT2D eigenvalue weighted by Crippen LogP contribution is -2.44. The fourth-order valence-electron chi connectivity index (χ4n) is 2.48. The van der Waals surface area contributed by atoms with Gasteiger partial charge in [0.15, 0.2) is 5.79 Å². The minimum Gasteiger partial charge on any atom is -0.469 e. The van der Waals surface area contributed by atoms with Crippen LogP contribution in [0.25, 0.3) is 0 Å². The average Bonchev–Trinajstić information content (AvgIpc) is 2.85. The van der Waals surface area contributed by atoms with Gasteiger partial charge in [-0.2, -0.15) is 5.06 Å². The van der Waals surface area contributed by atoms with Gasteiger partial charge >= 0.3 is 5.97 Å². The summed E-state index contributed by atoms with van der Waals surface area (Å²) in [7, 11) is 1.33. The van der Waals surface area contributed by atoms with Crippen molar-refractivity contribution in [1.29, 1.82) is 0 Å². The molecule has 0 amide bonds. The zero-order valence-electron chi connectivity index (χ0n) is 13.2. The molecule has 0 aliphatic carbocycles. The molecule has 2 atom stereocenters. The normalized spacial score (nSPS) is 21.8. The lowest BCUT2D eigenvalue weighted by molar-refractivity contribution is -0.194. The van der Waals surface area contributed by atoms with Crippen molar-refractivity contribution in [3.8, 4) is 0 Å². The molecule has 1 aromatic rings. The van der Waals surface area contributed by atoms with Crippen LogP contribution in [0.4, 0.5) is 0 Å². The number of ether oxygens (including phenoxy) is 3. The van der Waals surface area contributed by atoms with E-state index < -0.39 is 23.9 Å². The fraction of sp³-hybridized carbons (Fsp3) is 0.562. The predicted molar refractivity (Wildman–Crippen MR) is 79.1 cm³/mol. The molecule has 2 rings (SSSR count). The Morgan fingerprint density at radius 3 is 2.68 bits per heavy atom. The summed E-state index contributed by atoms with van der Waals surface area (Å²) in [6.07, 6.45) is -0.368. The molecule has 1 fully saturated rings. The highest BCUT2D eigenvalue weighted by atomic mass is 16.7. The molecule has 0 saturated carbocycles. The maximum Gasteiger partial charge on any atom is 0.307 e. The number of methoxy groups -OCH3 is 1. The largest absolute Gasteiger partial charge is 0.469 e. The van der Waals surface area contributed by atoms with Crippen molar-refractivity contribution in [3.05, 3.63) is 35.9 Å². The molecule has 0 unspecified atom stereocenters. The van der Waals surface area contributed by atoms with Crippen molar-refractivity contribution in [1.82, 2.24) is 5.06 Å². The van der Waals surface area contributed by atoms with Crippen molar-refractivity contribution in [2.45, 2.75) is 44.7 Å². The summed E-state index contributed by atoms with van der Waals surface area (Å²) < 4.78 is 16.0. The van der Waals surface area contributed by atoms with Crippen LogP contribution < -0.4 is 0 Å². The van der Waals surface area contributed by atoms with E-state index in [4.69, 9.17) is 14.2 Å². The minimum absolute atomic E-state index is 0.0317. The van der Waals surface area contributed by atoms with Crippen LogP contribution in [0.3, 0.4) is 0 Å². The average molecular weight is 309 g/mol. The molecule has 1 aliphatic heterocycles. The van der Waals surface area contributed by atoms with Crippen LogP contribution in [0.2, 0.25) is 0 Å². The van der Waals surface area contributed by atoms with Crippen LogP contribution >= 0.6 is 0 Å². The molecule has 1 heterocycles. The smallest absolute Gasteiger partial charge is 0.307 e. The zero-order valence-corrected chi connectivity index (χ0v) is 13.2. The zero-order chi connectivity index (χ0) is 16.2. The van der Waals surface area contributed by atoms with E-state index >= 15 is 0 Å². The van der Waals surface area contributed by atoms with Crippen LogP contribution in [0, 0.1) is 0 Å². The van der Waals surface area contributed by atoms with Gasteiger partial charge in [-0.15, -0.1) is 0 Å². The summed E-state index contributed by atoms with van der Waals surface area (Å²) >= 11 is 0. The minimum atomic E-state index is -0.716. The lowest BCUT2D eigenvalue weighted by atomic mass is 10.1. The van der Waals surface area contributed by atoms with Gasteiger partial charge in [0, 0.05) is 6.54 Å². The van der Waals surface area contributed by atoms with Crippen LogP contribution in [0.1, 0.15) is 25.8 Å². The molecule has 6 heteroatoms. The molecule has 22 heavy (non-hydrogen) atoms. The third-order valence-electron chi connectivity index (χ3n) is 3.63. The molecular weight excluding hydrogens is 286 g/mol. The van der Waals surface area contributed by atoms with E-state index in [9.17, 15) is 10.0 Å². The van der Waals surface area contributed by atoms with Gasteiger partial charge in [-0.25, -0.2) is 0 Å². The molecule has 122 valence electrons. The van der Waals surface area contributed by atoms with Gasteiger partial charge in [-0.05, 0) is 19.4 Å². The molecular formula is C16H23NO5. The van der Waals surface area contributed by atoms with Crippen molar-refractivity contribution in [3.63, 3.8) is 0 Å². The van der Waals surface area contributed by atoms with Crippen LogP contribution in [0.5, 0.6) is 0 Å². The number of hydrogen-bond donors (Lipinski definition) is 1. The van der Waals surface area contributed by atoms with Gasteiger partial charge in [-0.1, -0.05) is 30.3 Å². The Bertz CT molecular complexity index is 491. The maximum atomic E-state index is 11.6. The summed E-state index contributed by atoms with van der Waals surface area (Å²) in [4.78, 5) is 11.6. The van der Waals surface area contributed by atoms with Crippen LogP contribution in [0.15, 0.2) is 30.3 Å². The van der Waals surface area contributed by atoms with E-state index in [1.165, 1.54) is 7.11 Å². The molecule has 0 spiro atoms. The number of carbonyl (C=O) groups is 1. The molecule has 1 aliphatic rings. The Hall–Kier alpha value is -1.47. The van der Waals surface area contributed by atoms with E-state index in [0.29, 0.717) is 13.2 Å². The second-order valence-corrected chi connectivity index (χ2v) is 5.80. The molecule has 0 aromatic heterocycles. The summed E-state index contributed by atoms with van der Waals surface area (Å²) in [5.41, 5.74) is 0.943. The summed E-state index contributed by atoms with van der Waals surface area (Å²) in [6.45, 7) is 4.23. The topological polar surface area (TPSA) is 68.2 Å². The SMILES string of the molecule is COC(=O)C[C@@H]([C@H]1COC(C)(C)O1)N(O)Cc1ccccc1. The van der Waals surface area contributed by atoms with Crippen LogP contribution in [-0.2, 0) is 25.5 Å². The third-order valence-corrected chi connectivity index (χ3v) is 3.63. The molecule has 1 saturated heterocycles. The number of esters is 1. The second-order valence-electron chi connectivity index (χ2n) is 5.80. The number of rotatable bonds is 6. The Labute approximate surface area is 130 Å². The Kier molecular flexibility index (Phi) is 5.52. The highest BCUT2D eigenvalue weighted by molar-refractivity contribution is 5.70. The Morgan fingerprint density at radius 1 is 1.45 bits per heavy atom. The summed E-state index contributed by atoms with van der Waals surface area (Å²) in [6, 6.07) is 9.00. The molecule has 0 bridgehead atoms. The quantitative estimate of drug-likeness (QED) is 0.640. The van der Waals surface area contributed by atoms with E-state index in [1.54, 1.807) is 13.8 Å². The third kappa shape index (κ3) is 4.51. The maximum absolute atomic E-state index is 11.6. The standard InChI is InChI=1S/C16H23NO5/c1-16(2)21-11-14(22-16)13(9-15(18)20-3)17(19)10-12-7-5-4-6-8-12/h4-8,13-14,19H,9-11H2,1-3H3/t13-,14+/m0/s1. The van der Waals surface area contributed by atoms with Gasteiger partial charge in [0.2, 0.25) is 0 Å². The van der Waals surface area contributed by atoms with Gasteiger partial charge in [-0.3, -0.25) is 4.79 Å². The van der Waals surface area contributed by atoms with Gasteiger partial charge in [0.25, 0.3) is 0 Å². The van der Waals surface area contributed by atoms with Crippen LogP contribution in [-0.4, -0.2) is 47.9 Å². The predicted octanol–water partition coefficient (Wildman–Crippen LogP) is 1.96. The number of nitrogens with zero attached hydrogens (tertiary/aromatic N) is 1. The highest BCUT2D eigenvalue weighted by Crippen LogP contribution is 2.27. The van der Waals surface area contributed by atoms with Crippen molar-refractivity contribution < 1.29 is 24.2 Å². The number of carbonyl (C=O) groups excluding carboxylic acids is 1. The van der Waals surface area contributed by atoms with E-state index in [2.05, 4.69) is 0 Å². The number of benzene rings is 1. The molecule has 0 radical (unpaired) electrons. The summed E-state index contributed by atoms with van der Waals surface area (Å²) in [5, 5.41) is 11.6. The first kappa shape index (κ1) is 16.9. The summed E-state index contributed by atoms with van der Waals surface area (Å²) in [5.74, 6) is -1.11. The molecule has 1 aromatic carbocycles. The first-order valence-corrected chi connectivity index (χ1v) is 7.29. The van der Waals surface area contributed by atoms with E-state index in [-0.39, 0.29) is 6.42 Å².